The van der Waals surface area contributed by atoms with Gasteiger partial charge in [-0.25, -0.2) is 0 Å². The minimum atomic E-state index is -1.94. The molecule has 0 unspecified atom stereocenters. The molecule has 0 aliphatic rings. The van der Waals surface area contributed by atoms with Gasteiger partial charge in [0, 0.05) is 0 Å². The number of aliphatic carboxylic acids is 2. The van der Waals surface area contributed by atoms with Crippen molar-refractivity contribution in [3.63, 3.8) is 0 Å². The summed E-state index contributed by atoms with van der Waals surface area (Å²) in [4.78, 5) is 23.1. The van der Waals surface area contributed by atoms with E-state index in [-0.39, 0.29) is 35.1 Å². The Labute approximate surface area is 128 Å². The zero-order valence-electron chi connectivity index (χ0n) is 10.1. The van der Waals surface area contributed by atoms with Gasteiger partial charge in [0.15, 0.2) is 5.41 Å². The molecule has 0 amide bonds. The van der Waals surface area contributed by atoms with Crippen LogP contribution in [0.4, 0.5) is 0 Å². The first-order valence-electron chi connectivity index (χ1n) is 5.27. The molecular formula is C13H17NaO4. The molecule has 1 aromatic rings. The predicted octanol–water partition coefficient (Wildman–Crippen LogP) is 1.49. The molecule has 0 aliphatic carbocycles. The number of rotatable bonds is 3. The fourth-order valence-corrected chi connectivity index (χ4v) is 2.10. The molecule has 0 aliphatic heterocycles. The Morgan fingerprint density at radius 3 is 1.61 bits per heavy atom. The topological polar surface area (TPSA) is 74.6 Å². The predicted molar refractivity (Wildman–Crippen MR) is 70.0 cm³/mol. The molecule has 0 aromatic heterocycles. The summed E-state index contributed by atoms with van der Waals surface area (Å²) < 4.78 is 0. The van der Waals surface area contributed by atoms with Crippen LogP contribution < -0.4 is 0 Å². The molecule has 5 heteroatoms. The Morgan fingerprint density at radius 1 is 0.944 bits per heavy atom. The minimum absolute atomic E-state index is 0. The number of hydrogen-bond acceptors (Lipinski definition) is 2. The van der Waals surface area contributed by atoms with Crippen molar-refractivity contribution in [3.8, 4) is 0 Å². The number of carboxylic acid groups (broad SMARTS) is 2. The summed E-state index contributed by atoms with van der Waals surface area (Å²) in [6.45, 7) is 4.84. The van der Waals surface area contributed by atoms with Crippen LogP contribution in [0.3, 0.4) is 0 Å². The molecule has 0 heterocycles. The van der Waals surface area contributed by atoms with Crippen LogP contribution >= 0.6 is 0 Å². The van der Waals surface area contributed by atoms with E-state index >= 15 is 0 Å². The first-order valence-corrected chi connectivity index (χ1v) is 5.27. The summed E-state index contributed by atoms with van der Waals surface area (Å²) in [5.41, 5.74) is -2.59. The van der Waals surface area contributed by atoms with Gasteiger partial charge in [0.2, 0.25) is 0 Å². The normalized spacial score (nSPS) is 11.5. The van der Waals surface area contributed by atoms with Crippen molar-refractivity contribution in [2.45, 2.75) is 26.2 Å². The van der Waals surface area contributed by atoms with E-state index in [0.29, 0.717) is 0 Å². The second-order valence-corrected chi connectivity index (χ2v) is 4.98. The van der Waals surface area contributed by atoms with E-state index in [0.717, 1.165) is 0 Å². The van der Waals surface area contributed by atoms with E-state index in [1.807, 2.05) is 0 Å². The molecule has 0 spiro atoms. The van der Waals surface area contributed by atoms with Crippen molar-refractivity contribution < 1.29 is 19.8 Å². The van der Waals surface area contributed by atoms with Crippen LogP contribution in [-0.2, 0) is 15.0 Å². The monoisotopic (exact) mass is 260 g/mol. The summed E-state index contributed by atoms with van der Waals surface area (Å²) in [5.74, 6) is -2.69. The molecule has 2 N–H and O–H groups in total. The van der Waals surface area contributed by atoms with Crippen LogP contribution in [0.2, 0.25) is 0 Å². The van der Waals surface area contributed by atoms with Gasteiger partial charge in [-0.1, -0.05) is 51.1 Å². The van der Waals surface area contributed by atoms with Gasteiger partial charge < -0.3 is 10.2 Å². The molecule has 0 fully saturated rings. The van der Waals surface area contributed by atoms with Crippen molar-refractivity contribution in [2.75, 3.05) is 0 Å². The van der Waals surface area contributed by atoms with Gasteiger partial charge in [-0.2, -0.15) is 0 Å². The standard InChI is InChI=1S/C13H16O4.Na.H/c1-12(2,3)13(10(14)15,11(16)17)9-7-5-4-6-8-9;;/h4-8H,1-3H3,(H,14,15)(H,16,17);;. The van der Waals surface area contributed by atoms with Gasteiger partial charge >= 0.3 is 41.5 Å². The first kappa shape index (κ1) is 17.2. The number of carbonyl (C=O) groups is 2. The van der Waals surface area contributed by atoms with E-state index in [1.54, 1.807) is 39.0 Å². The van der Waals surface area contributed by atoms with Crippen LogP contribution in [-0.4, -0.2) is 51.7 Å². The van der Waals surface area contributed by atoms with Crippen molar-refractivity contribution in [1.29, 1.82) is 0 Å². The molecule has 1 rings (SSSR count). The van der Waals surface area contributed by atoms with Gasteiger partial charge in [0.25, 0.3) is 0 Å². The second-order valence-electron chi connectivity index (χ2n) is 4.98. The van der Waals surface area contributed by atoms with Crippen molar-refractivity contribution in [2.24, 2.45) is 5.41 Å². The van der Waals surface area contributed by atoms with Gasteiger partial charge in [0.1, 0.15) is 0 Å². The molecule has 18 heavy (non-hydrogen) atoms. The Balaban J connectivity index is 0.00000289. The van der Waals surface area contributed by atoms with E-state index in [2.05, 4.69) is 0 Å². The number of benzene rings is 1. The van der Waals surface area contributed by atoms with Crippen LogP contribution in [0.15, 0.2) is 30.3 Å². The van der Waals surface area contributed by atoms with Crippen molar-refractivity contribution in [1.82, 2.24) is 0 Å². The molecule has 0 saturated heterocycles. The summed E-state index contributed by atoms with van der Waals surface area (Å²) in [5, 5.41) is 18.8. The average Bonchev–Trinajstić information content (AvgIpc) is 2.16. The van der Waals surface area contributed by atoms with Crippen molar-refractivity contribution >= 4 is 41.5 Å². The van der Waals surface area contributed by atoms with Gasteiger partial charge in [-0.05, 0) is 11.0 Å². The zero-order valence-corrected chi connectivity index (χ0v) is 10.1. The van der Waals surface area contributed by atoms with E-state index in [1.165, 1.54) is 12.1 Å². The van der Waals surface area contributed by atoms with Crippen LogP contribution in [0.5, 0.6) is 0 Å². The Morgan fingerprint density at radius 2 is 1.33 bits per heavy atom. The van der Waals surface area contributed by atoms with Gasteiger partial charge in [0.05, 0.1) is 0 Å². The molecular weight excluding hydrogens is 243 g/mol. The van der Waals surface area contributed by atoms with Crippen LogP contribution in [0.25, 0.3) is 0 Å². The first-order chi connectivity index (χ1) is 7.74. The van der Waals surface area contributed by atoms with E-state index < -0.39 is 22.8 Å². The number of carboxylic acids is 2. The van der Waals surface area contributed by atoms with E-state index in [4.69, 9.17) is 0 Å². The van der Waals surface area contributed by atoms with E-state index in [9.17, 15) is 19.8 Å². The fraction of sp³-hybridized carbons (Fsp3) is 0.385. The third-order valence-corrected chi connectivity index (χ3v) is 2.97. The summed E-state index contributed by atoms with van der Waals surface area (Å²) in [6.07, 6.45) is 0. The molecule has 0 saturated carbocycles. The Hall–Kier alpha value is -0.840. The fourth-order valence-electron chi connectivity index (χ4n) is 2.10. The summed E-state index contributed by atoms with van der Waals surface area (Å²) in [7, 11) is 0. The van der Waals surface area contributed by atoms with Crippen LogP contribution in [0, 0.1) is 5.41 Å². The van der Waals surface area contributed by atoms with Gasteiger partial charge in [-0.3, -0.25) is 9.59 Å². The number of hydrogen-bond donors (Lipinski definition) is 2. The third-order valence-electron chi connectivity index (χ3n) is 2.97. The molecule has 0 atom stereocenters. The molecule has 94 valence electrons. The quantitative estimate of drug-likeness (QED) is 0.638. The Kier molecular flexibility index (Phi) is 5.59. The maximum absolute atomic E-state index is 11.5. The second kappa shape index (κ2) is 5.87. The third kappa shape index (κ3) is 2.60. The summed E-state index contributed by atoms with van der Waals surface area (Å²) in [6, 6.07) is 8.07. The van der Waals surface area contributed by atoms with Crippen molar-refractivity contribution in [3.05, 3.63) is 35.9 Å². The zero-order chi connectivity index (χ0) is 13.3. The van der Waals surface area contributed by atoms with Gasteiger partial charge in [-0.15, -0.1) is 0 Å². The van der Waals surface area contributed by atoms with Crippen LogP contribution in [0.1, 0.15) is 26.3 Å². The Bertz CT molecular complexity index is 420. The molecule has 4 nitrogen and oxygen atoms in total. The molecule has 0 radical (unpaired) electrons. The summed E-state index contributed by atoms with van der Waals surface area (Å²) >= 11 is 0. The SMILES string of the molecule is CC(C)(C)C(C(=O)O)(C(=O)O)c1ccccc1.[NaH]. The average molecular weight is 260 g/mol. The maximum atomic E-state index is 11.5. The molecule has 0 bridgehead atoms. The molecule has 1 aromatic carbocycles.